The van der Waals surface area contributed by atoms with E-state index in [1.54, 1.807) is 6.07 Å². The van der Waals surface area contributed by atoms with Crippen LogP contribution in [0.1, 0.15) is 36.4 Å². The van der Waals surface area contributed by atoms with Gasteiger partial charge in [-0.05, 0) is 30.9 Å². The third-order valence-corrected chi connectivity index (χ3v) is 4.56. The molecule has 1 saturated carbocycles. The smallest absolute Gasteiger partial charge is 0.323 e. The fraction of sp³-hybridized carbons (Fsp3) is 0.211. The number of halogens is 1. The molecule has 0 unspecified atom stereocenters. The molecule has 4 rings (SSSR count). The van der Waals surface area contributed by atoms with Gasteiger partial charge in [-0.2, -0.15) is 10.2 Å². The molecule has 27 heavy (non-hydrogen) atoms. The summed E-state index contributed by atoms with van der Waals surface area (Å²) in [5, 5.41) is 8.99. The first-order valence-corrected chi connectivity index (χ1v) is 8.47. The van der Waals surface area contributed by atoms with Crippen molar-refractivity contribution in [3.05, 3.63) is 53.9 Å². The highest BCUT2D eigenvalue weighted by molar-refractivity contribution is 5.64. The molecule has 1 aromatic carbocycles. The summed E-state index contributed by atoms with van der Waals surface area (Å²) in [6.45, 7) is 0. The van der Waals surface area contributed by atoms with Gasteiger partial charge in [-0.25, -0.2) is 14.4 Å². The quantitative estimate of drug-likeness (QED) is 0.755. The van der Waals surface area contributed by atoms with Gasteiger partial charge in [0.05, 0.1) is 18.1 Å². The van der Waals surface area contributed by atoms with Crippen LogP contribution in [0.5, 0.6) is 11.8 Å². The Kier molecular flexibility index (Phi) is 4.34. The van der Waals surface area contributed by atoms with Crippen molar-refractivity contribution in [3.63, 3.8) is 0 Å². The van der Waals surface area contributed by atoms with Crippen molar-refractivity contribution in [1.29, 1.82) is 5.26 Å². The Hall–Kier alpha value is -3.60. The maximum Gasteiger partial charge on any atom is 0.323 e. The Balaban J connectivity index is 1.79. The second-order valence-electron chi connectivity index (χ2n) is 6.24. The van der Waals surface area contributed by atoms with Crippen molar-refractivity contribution in [2.45, 2.75) is 25.2 Å². The number of anilines is 1. The number of aromatic nitrogens is 4. The van der Waals surface area contributed by atoms with Crippen molar-refractivity contribution >= 4 is 5.82 Å². The highest BCUT2D eigenvalue weighted by Crippen LogP contribution is 2.44. The topological polar surface area (TPSA) is 111 Å². The van der Waals surface area contributed by atoms with E-state index < -0.39 is 5.82 Å². The summed E-state index contributed by atoms with van der Waals surface area (Å²) < 4.78 is 21.1. The molecule has 1 fully saturated rings. The number of nitrogen functional groups attached to an aromatic ring is 1. The minimum Gasteiger partial charge on any atom is -0.421 e. The minimum absolute atomic E-state index is 0.0610. The standard InChI is InChI=1S/C19H15FN6O/c20-17-14(15-9-25-16(22)10-24-15)5-4-13(11-2-1-3-11)18(17)27-19-23-7-6-12(8-21)26-19/h4-7,9-11H,1-3H2,(H2,22,25). The largest absolute Gasteiger partial charge is 0.421 e. The van der Waals surface area contributed by atoms with E-state index in [2.05, 4.69) is 19.9 Å². The summed E-state index contributed by atoms with van der Waals surface area (Å²) >= 11 is 0. The molecule has 0 saturated heterocycles. The van der Waals surface area contributed by atoms with E-state index in [0.717, 1.165) is 24.8 Å². The Morgan fingerprint density at radius 3 is 2.67 bits per heavy atom. The molecule has 3 aromatic rings. The number of hydrogen-bond donors (Lipinski definition) is 1. The average molecular weight is 362 g/mol. The van der Waals surface area contributed by atoms with Crippen molar-refractivity contribution in [3.8, 4) is 29.1 Å². The van der Waals surface area contributed by atoms with E-state index in [4.69, 9.17) is 15.7 Å². The maximum absolute atomic E-state index is 15.4. The predicted molar refractivity (Wildman–Crippen MR) is 95.3 cm³/mol. The monoisotopic (exact) mass is 362 g/mol. The number of nitrogens with zero attached hydrogens (tertiary/aromatic N) is 5. The zero-order valence-electron chi connectivity index (χ0n) is 14.3. The second-order valence-corrected chi connectivity index (χ2v) is 6.24. The lowest BCUT2D eigenvalue weighted by molar-refractivity contribution is 0.371. The van der Waals surface area contributed by atoms with Crippen LogP contribution in [0.3, 0.4) is 0 Å². The molecule has 0 bridgehead atoms. The maximum atomic E-state index is 15.4. The lowest BCUT2D eigenvalue weighted by atomic mass is 9.79. The molecule has 134 valence electrons. The molecule has 0 radical (unpaired) electrons. The number of rotatable bonds is 4. The predicted octanol–water partition coefficient (Wildman–Crippen LogP) is 3.59. The van der Waals surface area contributed by atoms with E-state index in [1.165, 1.54) is 24.7 Å². The van der Waals surface area contributed by atoms with Crippen molar-refractivity contribution in [2.75, 3.05) is 5.73 Å². The summed E-state index contributed by atoms with van der Waals surface area (Å²) in [4.78, 5) is 16.1. The summed E-state index contributed by atoms with van der Waals surface area (Å²) in [6, 6.07) is 6.80. The molecule has 0 aliphatic heterocycles. The van der Waals surface area contributed by atoms with Gasteiger partial charge in [-0.1, -0.05) is 12.5 Å². The molecule has 2 N–H and O–H groups in total. The van der Waals surface area contributed by atoms with Crippen LogP contribution in [0.2, 0.25) is 0 Å². The van der Waals surface area contributed by atoms with E-state index in [9.17, 15) is 0 Å². The van der Waals surface area contributed by atoms with Crippen LogP contribution in [-0.2, 0) is 0 Å². The number of benzene rings is 1. The normalized spacial score (nSPS) is 13.6. The minimum atomic E-state index is -0.565. The fourth-order valence-corrected chi connectivity index (χ4v) is 2.93. The van der Waals surface area contributed by atoms with Crippen LogP contribution in [0.25, 0.3) is 11.3 Å². The van der Waals surface area contributed by atoms with E-state index >= 15 is 4.39 Å². The van der Waals surface area contributed by atoms with Gasteiger partial charge in [0.2, 0.25) is 0 Å². The van der Waals surface area contributed by atoms with Crippen LogP contribution in [0.4, 0.5) is 10.2 Å². The second kappa shape index (κ2) is 6.96. The average Bonchev–Trinajstić information content (AvgIpc) is 2.64. The van der Waals surface area contributed by atoms with Crippen LogP contribution >= 0.6 is 0 Å². The van der Waals surface area contributed by atoms with Gasteiger partial charge < -0.3 is 10.5 Å². The zero-order chi connectivity index (χ0) is 18.8. The summed E-state index contributed by atoms with van der Waals surface area (Å²) in [7, 11) is 0. The molecule has 0 amide bonds. The SMILES string of the molecule is N#Cc1ccnc(Oc2c(C3CCC3)ccc(-c3cnc(N)cn3)c2F)n1. The van der Waals surface area contributed by atoms with Gasteiger partial charge in [-0.3, -0.25) is 4.98 Å². The number of hydrogen-bond acceptors (Lipinski definition) is 7. The van der Waals surface area contributed by atoms with Crippen molar-refractivity contribution < 1.29 is 9.13 Å². The molecule has 2 heterocycles. The van der Waals surface area contributed by atoms with Gasteiger partial charge in [0.25, 0.3) is 0 Å². The van der Waals surface area contributed by atoms with Gasteiger partial charge >= 0.3 is 6.01 Å². The highest BCUT2D eigenvalue weighted by atomic mass is 19.1. The first-order valence-electron chi connectivity index (χ1n) is 8.47. The zero-order valence-corrected chi connectivity index (χ0v) is 14.3. The first-order chi connectivity index (χ1) is 13.2. The lowest BCUT2D eigenvalue weighted by Gasteiger charge is -2.28. The van der Waals surface area contributed by atoms with Gasteiger partial charge in [-0.15, -0.1) is 0 Å². The molecule has 1 aliphatic rings. The molecule has 0 atom stereocenters. The molecule has 7 nitrogen and oxygen atoms in total. The number of ether oxygens (including phenoxy) is 1. The van der Waals surface area contributed by atoms with Crippen LogP contribution in [-0.4, -0.2) is 19.9 Å². The summed E-state index contributed by atoms with van der Waals surface area (Å²) in [5.74, 6) is -0.0287. The Morgan fingerprint density at radius 2 is 2.00 bits per heavy atom. The van der Waals surface area contributed by atoms with Crippen molar-refractivity contribution in [1.82, 2.24) is 19.9 Å². The van der Waals surface area contributed by atoms with Crippen LogP contribution < -0.4 is 10.5 Å². The Bertz CT molecular complexity index is 1030. The molecule has 2 aromatic heterocycles. The van der Waals surface area contributed by atoms with Gasteiger partial charge in [0.1, 0.15) is 17.6 Å². The van der Waals surface area contributed by atoms with E-state index in [-0.39, 0.29) is 34.8 Å². The number of nitriles is 1. The molecular formula is C19H15FN6O. The van der Waals surface area contributed by atoms with Gasteiger partial charge in [0.15, 0.2) is 11.6 Å². The van der Waals surface area contributed by atoms with E-state index in [1.807, 2.05) is 12.1 Å². The third-order valence-electron chi connectivity index (χ3n) is 4.56. The summed E-state index contributed by atoms with van der Waals surface area (Å²) in [6.07, 6.45) is 7.21. The lowest BCUT2D eigenvalue weighted by Crippen LogP contribution is -2.11. The van der Waals surface area contributed by atoms with E-state index in [0.29, 0.717) is 5.69 Å². The molecule has 8 heteroatoms. The highest BCUT2D eigenvalue weighted by Gasteiger charge is 2.27. The fourth-order valence-electron chi connectivity index (χ4n) is 2.93. The Labute approximate surface area is 154 Å². The Morgan fingerprint density at radius 1 is 1.15 bits per heavy atom. The van der Waals surface area contributed by atoms with Crippen molar-refractivity contribution in [2.24, 2.45) is 0 Å². The number of nitrogens with two attached hydrogens (primary N) is 1. The van der Waals surface area contributed by atoms with Crippen LogP contribution in [0, 0.1) is 17.1 Å². The molecular weight excluding hydrogens is 347 g/mol. The first kappa shape index (κ1) is 16.8. The molecule has 1 aliphatic carbocycles. The molecule has 0 spiro atoms. The van der Waals surface area contributed by atoms with Crippen LogP contribution in [0.15, 0.2) is 36.8 Å². The summed E-state index contributed by atoms with van der Waals surface area (Å²) in [5.41, 5.74) is 7.06. The third kappa shape index (κ3) is 3.27. The van der Waals surface area contributed by atoms with Gasteiger partial charge in [0, 0.05) is 17.3 Å².